The largest absolute Gasteiger partial charge is 0.319 e. The monoisotopic (exact) mass is 402 g/mol. The van der Waals surface area contributed by atoms with Crippen LogP contribution in [0.25, 0.3) is 0 Å². The van der Waals surface area contributed by atoms with Gasteiger partial charge in [-0.3, -0.25) is 9.52 Å². The van der Waals surface area contributed by atoms with Crippen molar-refractivity contribution < 1.29 is 22.0 Å². The Hall–Kier alpha value is -3.26. The van der Waals surface area contributed by atoms with Gasteiger partial charge in [-0.25, -0.2) is 17.2 Å². The Kier molecular flexibility index (Phi) is 5.41. The number of hydrogen-bond donors (Lipinski definition) is 2. The van der Waals surface area contributed by atoms with Gasteiger partial charge in [0.1, 0.15) is 11.6 Å². The van der Waals surface area contributed by atoms with E-state index in [9.17, 15) is 22.0 Å². The summed E-state index contributed by atoms with van der Waals surface area (Å²) in [5.74, 6) is -2.43. The molecular weight excluding hydrogens is 386 g/mol. The molecule has 0 heterocycles. The molecular formula is C20H16F2N2O3S. The number of sulfonamides is 1. The van der Waals surface area contributed by atoms with E-state index in [4.69, 9.17) is 0 Å². The molecule has 3 aromatic rings. The van der Waals surface area contributed by atoms with Crippen molar-refractivity contribution in [1.29, 1.82) is 0 Å². The molecule has 3 rings (SSSR count). The number of benzene rings is 3. The summed E-state index contributed by atoms with van der Waals surface area (Å²) in [5.41, 5.74) is 1.16. The van der Waals surface area contributed by atoms with Crippen molar-refractivity contribution >= 4 is 27.3 Å². The number of amides is 1. The van der Waals surface area contributed by atoms with Crippen LogP contribution < -0.4 is 10.0 Å². The van der Waals surface area contributed by atoms with Gasteiger partial charge in [0.25, 0.3) is 15.9 Å². The van der Waals surface area contributed by atoms with Gasteiger partial charge in [0, 0.05) is 17.3 Å². The predicted octanol–water partition coefficient (Wildman–Crippen LogP) is 4.33. The van der Waals surface area contributed by atoms with Crippen molar-refractivity contribution in [2.45, 2.75) is 11.8 Å². The summed E-state index contributed by atoms with van der Waals surface area (Å²) in [6.07, 6.45) is 0. The van der Waals surface area contributed by atoms with Crippen molar-refractivity contribution in [2.24, 2.45) is 0 Å². The summed E-state index contributed by atoms with van der Waals surface area (Å²) >= 11 is 0. The summed E-state index contributed by atoms with van der Waals surface area (Å²) in [6, 6.07) is 14.8. The summed E-state index contributed by atoms with van der Waals surface area (Å²) in [4.78, 5) is 12.2. The lowest BCUT2D eigenvalue weighted by Crippen LogP contribution is -2.16. The van der Waals surface area contributed by atoms with E-state index in [1.807, 2.05) is 6.92 Å². The average molecular weight is 402 g/mol. The van der Waals surface area contributed by atoms with Gasteiger partial charge in [-0.1, -0.05) is 23.8 Å². The zero-order valence-corrected chi connectivity index (χ0v) is 15.6. The molecule has 28 heavy (non-hydrogen) atoms. The van der Waals surface area contributed by atoms with Crippen LogP contribution in [0.15, 0.2) is 71.6 Å². The van der Waals surface area contributed by atoms with Crippen LogP contribution in [0, 0.1) is 18.6 Å². The van der Waals surface area contributed by atoms with E-state index in [0.29, 0.717) is 11.8 Å². The minimum absolute atomic E-state index is 0.00973. The maximum Gasteiger partial charge on any atom is 0.261 e. The van der Waals surface area contributed by atoms with Crippen LogP contribution in [0.1, 0.15) is 15.9 Å². The fourth-order valence-corrected chi connectivity index (χ4v) is 3.53. The topological polar surface area (TPSA) is 75.3 Å². The summed E-state index contributed by atoms with van der Waals surface area (Å²) < 4.78 is 54.2. The normalized spacial score (nSPS) is 11.1. The number of halogens is 2. The van der Waals surface area contributed by atoms with E-state index >= 15 is 0 Å². The number of aryl methyl sites for hydroxylation is 1. The molecule has 0 aliphatic rings. The number of hydrogen-bond acceptors (Lipinski definition) is 3. The molecule has 0 spiro atoms. The fourth-order valence-electron chi connectivity index (χ4n) is 2.43. The van der Waals surface area contributed by atoms with Crippen molar-refractivity contribution in [3.63, 3.8) is 0 Å². The molecule has 0 aromatic heterocycles. The molecule has 2 N–H and O–H groups in total. The molecule has 0 atom stereocenters. The molecule has 0 bridgehead atoms. The lowest BCUT2D eigenvalue weighted by atomic mass is 10.2. The number of carbonyl (C=O) groups excluding carboxylic acids is 1. The Morgan fingerprint density at radius 1 is 0.929 bits per heavy atom. The Bertz CT molecular complexity index is 1130. The number of nitrogens with one attached hydrogen (secondary N) is 2. The van der Waals surface area contributed by atoms with Gasteiger partial charge in [0.2, 0.25) is 0 Å². The zero-order valence-electron chi connectivity index (χ0n) is 14.7. The van der Waals surface area contributed by atoms with Crippen molar-refractivity contribution in [3.05, 3.63) is 89.5 Å². The van der Waals surface area contributed by atoms with E-state index in [1.54, 1.807) is 24.3 Å². The highest BCUT2D eigenvalue weighted by Crippen LogP contribution is 2.20. The summed E-state index contributed by atoms with van der Waals surface area (Å²) in [6.45, 7) is 1.88. The minimum Gasteiger partial charge on any atom is -0.319 e. The third-order valence-corrected chi connectivity index (χ3v) is 5.27. The van der Waals surface area contributed by atoms with Crippen LogP contribution >= 0.6 is 0 Å². The van der Waals surface area contributed by atoms with Crippen LogP contribution in [0.5, 0.6) is 0 Å². The third-order valence-electron chi connectivity index (χ3n) is 3.89. The first-order valence-corrected chi connectivity index (χ1v) is 9.69. The van der Waals surface area contributed by atoms with Crippen molar-refractivity contribution in [2.75, 3.05) is 10.0 Å². The maximum absolute atomic E-state index is 13.7. The highest BCUT2D eigenvalue weighted by molar-refractivity contribution is 7.92. The second-order valence-corrected chi connectivity index (χ2v) is 7.76. The summed E-state index contributed by atoms with van der Waals surface area (Å²) in [7, 11) is -3.92. The highest BCUT2D eigenvalue weighted by Gasteiger charge is 2.17. The van der Waals surface area contributed by atoms with E-state index < -0.39 is 27.6 Å². The standard InChI is InChI=1S/C20H16F2N2O3S/c1-13-5-8-16(9-6-13)24-28(26,27)17-4-2-3-14(11-17)20(25)23-19-10-7-15(21)12-18(19)22/h2-12,24H,1H3,(H,23,25). The Morgan fingerprint density at radius 3 is 2.32 bits per heavy atom. The minimum atomic E-state index is -3.92. The van der Waals surface area contributed by atoms with Crippen LogP contribution in [0.4, 0.5) is 20.2 Å². The van der Waals surface area contributed by atoms with E-state index in [1.165, 1.54) is 24.3 Å². The van der Waals surface area contributed by atoms with Crippen LogP contribution in [0.2, 0.25) is 0 Å². The first-order chi connectivity index (χ1) is 13.2. The number of carbonyl (C=O) groups is 1. The lowest BCUT2D eigenvalue weighted by molar-refractivity contribution is 0.102. The first-order valence-electron chi connectivity index (χ1n) is 8.20. The highest BCUT2D eigenvalue weighted by atomic mass is 32.2. The number of rotatable bonds is 5. The first kappa shape index (κ1) is 19.5. The van der Waals surface area contributed by atoms with Gasteiger partial charge in [0.15, 0.2) is 0 Å². The third kappa shape index (κ3) is 4.52. The van der Waals surface area contributed by atoms with Crippen LogP contribution in [0.3, 0.4) is 0 Å². The Morgan fingerprint density at radius 2 is 1.64 bits per heavy atom. The molecule has 0 aliphatic heterocycles. The molecule has 0 fully saturated rings. The van der Waals surface area contributed by atoms with Gasteiger partial charge in [-0.05, 0) is 49.4 Å². The van der Waals surface area contributed by atoms with Gasteiger partial charge >= 0.3 is 0 Å². The second kappa shape index (κ2) is 7.77. The van der Waals surface area contributed by atoms with Crippen molar-refractivity contribution in [1.82, 2.24) is 0 Å². The fraction of sp³-hybridized carbons (Fsp3) is 0.0500. The molecule has 0 aliphatic carbocycles. The molecule has 0 saturated heterocycles. The van der Waals surface area contributed by atoms with E-state index in [0.717, 1.165) is 17.7 Å². The molecule has 3 aromatic carbocycles. The van der Waals surface area contributed by atoms with Gasteiger partial charge < -0.3 is 5.32 Å². The van der Waals surface area contributed by atoms with Gasteiger partial charge in [0.05, 0.1) is 10.6 Å². The molecule has 0 radical (unpaired) electrons. The van der Waals surface area contributed by atoms with Crippen LogP contribution in [-0.4, -0.2) is 14.3 Å². The predicted molar refractivity (Wildman–Crippen MR) is 103 cm³/mol. The van der Waals surface area contributed by atoms with Gasteiger partial charge in [-0.15, -0.1) is 0 Å². The van der Waals surface area contributed by atoms with Gasteiger partial charge in [-0.2, -0.15) is 0 Å². The maximum atomic E-state index is 13.7. The van der Waals surface area contributed by atoms with Crippen LogP contribution in [-0.2, 0) is 10.0 Å². The molecule has 0 unspecified atom stereocenters. The molecule has 0 saturated carbocycles. The average Bonchev–Trinajstić information content (AvgIpc) is 2.66. The second-order valence-electron chi connectivity index (χ2n) is 6.08. The van der Waals surface area contributed by atoms with E-state index in [2.05, 4.69) is 10.0 Å². The number of anilines is 2. The molecule has 8 heteroatoms. The Labute approximate surface area is 161 Å². The van der Waals surface area contributed by atoms with E-state index in [-0.39, 0.29) is 16.1 Å². The quantitative estimate of drug-likeness (QED) is 0.667. The van der Waals surface area contributed by atoms with Crippen molar-refractivity contribution in [3.8, 4) is 0 Å². The molecule has 5 nitrogen and oxygen atoms in total. The molecule has 1 amide bonds. The lowest BCUT2D eigenvalue weighted by Gasteiger charge is -2.10. The smallest absolute Gasteiger partial charge is 0.261 e. The zero-order chi connectivity index (χ0) is 20.3. The Balaban J connectivity index is 1.82. The SMILES string of the molecule is Cc1ccc(NS(=O)(=O)c2cccc(C(=O)Nc3ccc(F)cc3F)c2)cc1. The summed E-state index contributed by atoms with van der Waals surface area (Å²) in [5, 5.41) is 2.29. The molecule has 144 valence electrons.